The SMILES string of the molecule is CCC(C#N)C(C#N)(C#N)CCCCC#N. The summed E-state index contributed by atoms with van der Waals surface area (Å²) < 4.78 is 0. The third-order valence-electron chi connectivity index (χ3n) is 2.67. The van der Waals surface area contributed by atoms with E-state index in [1.54, 1.807) is 6.92 Å². The van der Waals surface area contributed by atoms with Gasteiger partial charge in [0.05, 0.1) is 30.2 Å². The van der Waals surface area contributed by atoms with E-state index in [1.165, 1.54) is 0 Å². The average Bonchev–Trinajstić information content (AvgIpc) is 2.33. The van der Waals surface area contributed by atoms with Crippen LogP contribution in [0.1, 0.15) is 39.0 Å². The maximum absolute atomic E-state index is 9.08. The van der Waals surface area contributed by atoms with Gasteiger partial charge in [0.25, 0.3) is 0 Å². The zero-order valence-corrected chi connectivity index (χ0v) is 9.40. The summed E-state index contributed by atoms with van der Waals surface area (Å²) in [5.41, 5.74) is -1.21. The molecule has 0 aromatic heterocycles. The first-order chi connectivity index (χ1) is 7.70. The van der Waals surface area contributed by atoms with E-state index in [1.807, 2.05) is 24.3 Å². The predicted molar refractivity (Wildman–Crippen MR) is 57.1 cm³/mol. The maximum Gasteiger partial charge on any atom is 0.159 e. The summed E-state index contributed by atoms with van der Waals surface area (Å²) in [6, 6.07) is 8.00. The smallest absolute Gasteiger partial charge is 0.159 e. The van der Waals surface area contributed by atoms with Crippen molar-refractivity contribution in [3.63, 3.8) is 0 Å². The molecule has 0 amide bonds. The first-order valence-corrected chi connectivity index (χ1v) is 5.29. The molecule has 4 nitrogen and oxygen atoms in total. The van der Waals surface area contributed by atoms with Gasteiger partial charge in [-0.2, -0.15) is 21.0 Å². The summed E-state index contributed by atoms with van der Waals surface area (Å²) in [5, 5.41) is 35.5. The molecule has 0 N–H and O–H groups in total. The Hall–Kier alpha value is -2.04. The molecule has 0 saturated heterocycles. The van der Waals surface area contributed by atoms with Crippen molar-refractivity contribution in [2.24, 2.45) is 11.3 Å². The van der Waals surface area contributed by atoms with E-state index in [0.717, 1.165) is 0 Å². The van der Waals surface area contributed by atoms with Gasteiger partial charge in [-0.15, -0.1) is 0 Å². The van der Waals surface area contributed by atoms with Crippen LogP contribution in [-0.4, -0.2) is 0 Å². The standard InChI is InChI=1S/C12H14N4/c1-2-11(8-14)12(9-15,10-16)6-4-3-5-7-13/h11H,2-6H2,1H3. The monoisotopic (exact) mass is 214 g/mol. The van der Waals surface area contributed by atoms with Crippen molar-refractivity contribution < 1.29 is 0 Å². The number of nitrogens with zero attached hydrogens (tertiary/aromatic N) is 4. The van der Waals surface area contributed by atoms with Crippen molar-refractivity contribution in [3.05, 3.63) is 0 Å². The maximum atomic E-state index is 9.08. The van der Waals surface area contributed by atoms with E-state index in [9.17, 15) is 0 Å². The molecular weight excluding hydrogens is 200 g/mol. The summed E-state index contributed by atoms with van der Waals surface area (Å²) in [4.78, 5) is 0. The fourth-order valence-electron chi connectivity index (χ4n) is 1.62. The fourth-order valence-corrected chi connectivity index (χ4v) is 1.62. The molecule has 0 aliphatic carbocycles. The third-order valence-corrected chi connectivity index (χ3v) is 2.67. The Morgan fingerprint density at radius 1 is 1.06 bits per heavy atom. The lowest BCUT2D eigenvalue weighted by Gasteiger charge is -2.22. The Morgan fingerprint density at radius 3 is 2.06 bits per heavy atom. The summed E-state index contributed by atoms with van der Waals surface area (Å²) >= 11 is 0. The van der Waals surface area contributed by atoms with Gasteiger partial charge in [0.15, 0.2) is 5.41 Å². The lowest BCUT2D eigenvalue weighted by atomic mass is 9.73. The Labute approximate surface area is 96.3 Å². The summed E-state index contributed by atoms with van der Waals surface area (Å²) in [5.74, 6) is -0.551. The molecule has 0 bridgehead atoms. The second kappa shape index (κ2) is 7.28. The Kier molecular flexibility index (Phi) is 6.35. The lowest BCUT2D eigenvalue weighted by molar-refractivity contribution is 0.340. The number of hydrogen-bond donors (Lipinski definition) is 0. The molecule has 0 rings (SSSR count). The van der Waals surface area contributed by atoms with Gasteiger partial charge in [0.2, 0.25) is 0 Å². The summed E-state index contributed by atoms with van der Waals surface area (Å²) in [6.45, 7) is 1.80. The topological polar surface area (TPSA) is 95.2 Å². The second-order valence-corrected chi connectivity index (χ2v) is 3.65. The molecule has 0 fully saturated rings. The van der Waals surface area contributed by atoms with Crippen LogP contribution >= 0.6 is 0 Å². The Bertz CT molecular complexity index is 358. The number of hydrogen-bond acceptors (Lipinski definition) is 4. The largest absolute Gasteiger partial charge is 0.198 e. The van der Waals surface area contributed by atoms with Gasteiger partial charge in [-0.1, -0.05) is 6.92 Å². The minimum Gasteiger partial charge on any atom is -0.198 e. The van der Waals surface area contributed by atoms with Crippen LogP contribution in [-0.2, 0) is 0 Å². The van der Waals surface area contributed by atoms with E-state index in [0.29, 0.717) is 32.1 Å². The molecule has 0 aliphatic heterocycles. The van der Waals surface area contributed by atoms with Crippen LogP contribution in [0.3, 0.4) is 0 Å². The van der Waals surface area contributed by atoms with Gasteiger partial charge < -0.3 is 0 Å². The molecule has 1 unspecified atom stereocenters. The Balaban J connectivity index is 4.62. The van der Waals surface area contributed by atoms with Crippen LogP contribution in [0, 0.1) is 56.7 Å². The van der Waals surface area contributed by atoms with Crippen molar-refractivity contribution in [1.82, 2.24) is 0 Å². The lowest BCUT2D eigenvalue weighted by Crippen LogP contribution is -2.26. The van der Waals surface area contributed by atoms with Crippen molar-refractivity contribution in [1.29, 1.82) is 21.0 Å². The zero-order valence-electron chi connectivity index (χ0n) is 9.40. The van der Waals surface area contributed by atoms with E-state index < -0.39 is 11.3 Å². The minimum atomic E-state index is -1.21. The molecule has 4 heteroatoms. The average molecular weight is 214 g/mol. The van der Waals surface area contributed by atoms with Gasteiger partial charge in [-0.25, -0.2) is 0 Å². The number of rotatable bonds is 6. The highest BCUT2D eigenvalue weighted by Gasteiger charge is 2.38. The Morgan fingerprint density at radius 2 is 1.69 bits per heavy atom. The van der Waals surface area contributed by atoms with Crippen LogP contribution in [0.4, 0.5) is 0 Å². The molecule has 0 radical (unpaired) electrons. The fraction of sp³-hybridized carbons (Fsp3) is 0.667. The molecule has 82 valence electrons. The zero-order chi connectivity index (χ0) is 12.4. The van der Waals surface area contributed by atoms with E-state index in [-0.39, 0.29) is 0 Å². The molecule has 0 heterocycles. The number of unbranched alkanes of at least 4 members (excludes halogenated alkanes) is 2. The van der Waals surface area contributed by atoms with Gasteiger partial charge in [0.1, 0.15) is 0 Å². The molecule has 0 spiro atoms. The van der Waals surface area contributed by atoms with Crippen molar-refractivity contribution in [3.8, 4) is 24.3 Å². The predicted octanol–water partition coefficient (Wildman–Crippen LogP) is 2.65. The molecule has 0 aromatic carbocycles. The third kappa shape index (κ3) is 3.27. The van der Waals surface area contributed by atoms with Gasteiger partial charge >= 0.3 is 0 Å². The van der Waals surface area contributed by atoms with Gasteiger partial charge in [-0.3, -0.25) is 0 Å². The van der Waals surface area contributed by atoms with Crippen molar-refractivity contribution in [2.45, 2.75) is 39.0 Å². The molecule has 0 aliphatic rings. The quantitative estimate of drug-likeness (QED) is 0.635. The molecule has 0 saturated carbocycles. The van der Waals surface area contributed by atoms with Crippen molar-refractivity contribution >= 4 is 0 Å². The van der Waals surface area contributed by atoms with E-state index in [2.05, 4.69) is 0 Å². The highest BCUT2D eigenvalue weighted by Crippen LogP contribution is 2.34. The molecular formula is C12H14N4. The summed E-state index contributed by atoms with van der Waals surface area (Å²) in [7, 11) is 0. The molecule has 1 atom stereocenters. The highest BCUT2D eigenvalue weighted by atomic mass is 14.5. The summed E-state index contributed by atoms with van der Waals surface area (Å²) in [6.07, 6.45) is 2.59. The van der Waals surface area contributed by atoms with Gasteiger partial charge in [-0.05, 0) is 25.7 Å². The minimum absolute atomic E-state index is 0.369. The highest BCUT2D eigenvalue weighted by molar-refractivity contribution is 5.20. The normalized spacial score (nSPS) is 11.6. The van der Waals surface area contributed by atoms with Crippen LogP contribution in [0.5, 0.6) is 0 Å². The number of nitriles is 4. The van der Waals surface area contributed by atoms with Crippen molar-refractivity contribution in [2.75, 3.05) is 0 Å². The van der Waals surface area contributed by atoms with Crippen LogP contribution in [0.15, 0.2) is 0 Å². The molecule has 0 aromatic rings. The van der Waals surface area contributed by atoms with Crippen LogP contribution in [0.2, 0.25) is 0 Å². The first kappa shape index (κ1) is 14.0. The van der Waals surface area contributed by atoms with Crippen LogP contribution < -0.4 is 0 Å². The second-order valence-electron chi connectivity index (χ2n) is 3.65. The van der Waals surface area contributed by atoms with Crippen LogP contribution in [0.25, 0.3) is 0 Å². The first-order valence-electron chi connectivity index (χ1n) is 5.29. The van der Waals surface area contributed by atoms with E-state index in [4.69, 9.17) is 21.0 Å². The van der Waals surface area contributed by atoms with E-state index >= 15 is 0 Å². The van der Waals surface area contributed by atoms with Gasteiger partial charge in [0, 0.05) is 6.42 Å². The molecule has 16 heavy (non-hydrogen) atoms.